The highest BCUT2D eigenvalue weighted by Gasteiger charge is 2.16. The molecule has 2 nitrogen and oxygen atoms in total. The highest BCUT2D eigenvalue weighted by Crippen LogP contribution is 2.17. The summed E-state index contributed by atoms with van der Waals surface area (Å²) in [6.45, 7) is 12.1. The average Bonchev–Trinajstić information content (AvgIpc) is 2.41. The summed E-state index contributed by atoms with van der Waals surface area (Å²) >= 11 is 1.97. The van der Waals surface area contributed by atoms with Gasteiger partial charge in [-0.05, 0) is 18.1 Å². The first kappa shape index (κ1) is 14.9. The van der Waals surface area contributed by atoms with E-state index in [9.17, 15) is 0 Å². The molecule has 0 aromatic heterocycles. The van der Waals surface area contributed by atoms with E-state index in [1.165, 1.54) is 49.9 Å². The van der Waals surface area contributed by atoms with Crippen molar-refractivity contribution in [2.75, 3.05) is 45.0 Å². The number of piperazine rings is 1. The molecule has 0 atom stereocenters. The molecule has 0 radical (unpaired) electrons. The van der Waals surface area contributed by atoms with Gasteiger partial charge in [-0.3, -0.25) is 4.90 Å². The fourth-order valence-corrected chi connectivity index (χ4v) is 3.46. The zero-order valence-electron chi connectivity index (χ0n) is 12.2. The van der Waals surface area contributed by atoms with Crippen LogP contribution in [-0.2, 0) is 0 Å². The molecule has 0 aliphatic carbocycles. The fourth-order valence-electron chi connectivity index (χ4n) is 2.52. The maximum atomic E-state index is 2.60. The van der Waals surface area contributed by atoms with Crippen molar-refractivity contribution in [2.45, 2.75) is 18.7 Å². The van der Waals surface area contributed by atoms with E-state index in [4.69, 9.17) is 0 Å². The maximum absolute atomic E-state index is 2.60. The first-order chi connectivity index (χ1) is 9.24. The van der Waals surface area contributed by atoms with Crippen molar-refractivity contribution in [1.82, 2.24) is 9.80 Å². The molecule has 1 aromatic carbocycles. The van der Waals surface area contributed by atoms with Crippen molar-refractivity contribution < 1.29 is 0 Å². The average molecular weight is 278 g/mol. The van der Waals surface area contributed by atoms with Gasteiger partial charge in [0.05, 0.1) is 0 Å². The van der Waals surface area contributed by atoms with Crippen LogP contribution in [0.15, 0.2) is 35.2 Å². The van der Waals surface area contributed by atoms with Crippen molar-refractivity contribution in [1.29, 1.82) is 0 Å². The number of thioether (sulfide) groups is 1. The second-order valence-corrected chi connectivity index (χ2v) is 6.87. The van der Waals surface area contributed by atoms with Crippen LogP contribution in [0.5, 0.6) is 0 Å². The molecule has 0 amide bonds. The third-order valence-electron chi connectivity index (χ3n) is 3.51. The van der Waals surface area contributed by atoms with Crippen LogP contribution in [0.1, 0.15) is 13.8 Å². The minimum atomic E-state index is 0.792. The third-order valence-corrected chi connectivity index (χ3v) is 4.50. The molecule has 19 heavy (non-hydrogen) atoms. The van der Waals surface area contributed by atoms with E-state index < -0.39 is 0 Å². The molecular weight excluding hydrogens is 252 g/mol. The molecule has 0 bridgehead atoms. The highest BCUT2D eigenvalue weighted by molar-refractivity contribution is 7.99. The lowest BCUT2D eigenvalue weighted by atomic mass is 10.2. The Bertz CT molecular complexity index is 345. The standard InChI is InChI=1S/C16H26N2S/c1-15(2)14-18-10-8-17(9-11-18)12-13-19-16-6-4-3-5-7-16/h3-7,15H,8-14H2,1-2H3. The highest BCUT2D eigenvalue weighted by atomic mass is 32.2. The maximum Gasteiger partial charge on any atom is 0.0110 e. The van der Waals surface area contributed by atoms with E-state index in [-0.39, 0.29) is 0 Å². The second kappa shape index (κ2) is 7.93. The van der Waals surface area contributed by atoms with Crippen LogP contribution in [0.25, 0.3) is 0 Å². The molecule has 1 aromatic rings. The SMILES string of the molecule is CC(C)CN1CCN(CCSc2ccccc2)CC1. The van der Waals surface area contributed by atoms with Gasteiger partial charge in [-0.2, -0.15) is 0 Å². The molecule has 1 heterocycles. The molecule has 1 fully saturated rings. The minimum absolute atomic E-state index is 0.792. The van der Waals surface area contributed by atoms with Gasteiger partial charge in [0.2, 0.25) is 0 Å². The third kappa shape index (κ3) is 5.55. The van der Waals surface area contributed by atoms with Gasteiger partial charge in [0.1, 0.15) is 0 Å². The predicted octanol–water partition coefficient (Wildman–Crippen LogP) is 3.05. The van der Waals surface area contributed by atoms with E-state index in [2.05, 4.69) is 54.0 Å². The summed E-state index contributed by atoms with van der Waals surface area (Å²) in [5.74, 6) is 1.99. The van der Waals surface area contributed by atoms with E-state index >= 15 is 0 Å². The van der Waals surface area contributed by atoms with Crippen LogP contribution in [0.2, 0.25) is 0 Å². The Morgan fingerprint density at radius 2 is 1.63 bits per heavy atom. The van der Waals surface area contributed by atoms with Gasteiger partial charge in [0.25, 0.3) is 0 Å². The molecule has 0 N–H and O–H groups in total. The summed E-state index contributed by atoms with van der Waals surface area (Å²) < 4.78 is 0. The second-order valence-electron chi connectivity index (χ2n) is 5.70. The first-order valence-corrected chi connectivity index (χ1v) is 8.35. The Hall–Kier alpha value is -0.510. The largest absolute Gasteiger partial charge is 0.301 e. The summed E-state index contributed by atoms with van der Waals surface area (Å²) in [7, 11) is 0. The Labute approximate surface area is 122 Å². The van der Waals surface area contributed by atoms with Gasteiger partial charge in [0, 0.05) is 49.9 Å². The van der Waals surface area contributed by atoms with Gasteiger partial charge >= 0.3 is 0 Å². The topological polar surface area (TPSA) is 6.48 Å². The number of hydrogen-bond donors (Lipinski definition) is 0. The molecule has 3 heteroatoms. The van der Waals surface area contributed by atoms with E-state index in [1.54, 1.807) is 0 Å². The number of rotatable bonds is 6. The van der Waals surface area contributed by atoms with Crippen molar-refractivity contribution in [3.63, 3.8) is 0 Å². The fraction of sp³-hybridized carbons (Fsp3) is 0.625. The Morgan fingerprint density at radius 3 is 2.26 bits per heavy atom. The molecule has 0 unspecified atom stereocenters. The molecule has 2 rings (SSSR count). The number of nitrogens with zero attached hydrogens (tertiary/aromatic N) is 2. The molecule has 1 saturated heterocycles. The minimum Gasteiger partial charge on any atom is -0.301 e. The van der Waals surface area contributed by atoms with Crippen molar-refractivity contribution in [3.05, 3.63) is 30.3 Å². The summed E-state index contributed by atoms with van der Waals surface area (Å²) in [6.07, 6.45) is 0. The van der Waals surface area contributed by atoms with Crippen LogP contribution in [0, 0.1) is 5.92 Å². The normalized spacial score (nSPS) is 18.1. The lowest BCUT2D eigenvalue weighted by Crippen LogP contribution is -2.47. The molecule has 1 aliphatic heterocycles. The monoisotopic (exact) mass is 278 g/mol. The summed E-state index contributed by atoms with van der Waals surface area (Å²) in [5, 5.41) is 0. The smallest absolute Gasteiger partial charge is 0.0110 e. The van der Waals surface area contributed by atoms with E-state index in [1.807, 2.05) is 11.8 Å². The predicted molar refractivity (Wildman–Crippen MR) is 84.9 cm³/mol. The Morgan fingerprint density at radius 1 is 1.00 bits per heavy atom. The summed E-state index contributed by atoms with van der Waals surface area (Å²) in [5.41, 5.74) is 0. The van der Waals surface area contributed by atoms with Crippen LogP contribution < -0.4 is 0 Å². The first-order valence-electron chi connectivity index (χ1n) is 7.36. The Balaban J connectivity index is 1.61. The lowest BCUT2D eigenvalue weighted by molar-refractivity contribution is 0.127. The molecule has 1 aliphatic rings. The van der Waals surface area contributed by atoms with Crippen molar-refractivity contribution >= 4 is 11.8 Å². The van der Waals surface area contributed by atoms with Gasteiger partial charge in [-0.15, -0.1) is 11.8 Å². The van der Waals surface area contributed by atoms with Gasteiger partial charge < -0.3 is 4.90 Å². The van der Waals surface area contributed by atoms with Crippen LogP contribution >= 0.6 is 11.8 Å². The van der Waals surface area contributed by atoms with Gasteiger partial charge in [-0.25, -0.2) is 0 Å². The zero-order valence-corrected chi connectivity index (χ0v) is 13.0. The molecule has 0 saturated carbocycles. The Kier molecular flexibility index (Phi) is 6.21. The summed E-state index contributed by atoms with van der Waals surface area (Å²) in [6, 6.07) is 10.7. The summed E-state index contributed by atoms with van der Waals surface area (Å²) in [4.78, 5) is 6.60. The van der Waals surface area contributed by atoms with Crippen LogP contribution in [0.3, 0.4) is 0 Å². The lowest BCUT2D eigenvalue weighted by Gasteiger charge is -2.35. The van der Waals surface area contributed by atoms with Gasteiger partial charge in [-0.1, -0.05) is 32.0 Å². The van der Waals surface area contributed by atoms with Crippen LogP contribution in [-0.4, -0.2) is 54.8 Å². The number of hydrogen-bond acceptors (Lipinski definition) is 3. The van der Waals surface area contributed by atoms with Gasteiger partial charge in [0.15, 0.2) is 0 Å². The van der Waals surface area contributed by atoms with Crippen LogP contribution in [0.4, 0.5) is 0 Å². The molecule has 0 spiro atoms. The van der Waals surface area contributed by atoms with Crippen molar-refractivity contribution in [3.8, 4) is 0 Å². The number of benzene rings is 1. The van der Waals surface area contributed by atoms with Crippen molar-refractivity contribution in [2.24, 2.45) is 5.92 Å². The molecular formula is C16H26N2S. The molecule has 106 valence electrons. The zero-order chi connectivity index (χ0) is 13.5. The van der Waals surface area contributed by atoms with E-state index in [0.717, 1.165) is 5.92 Å². The quantitative estimate of drug-likeness (QED) is 0.739. The van der Waals surface area contributed by atoms with E-state index in [0.29, 0.717) is 0 Å².